The number of carbonyl (C=O) groups is 3. The van der Waals surface area contributed by atoms with E-state index in [1.165, 1.54) is 0 Å². The van der Waals surface area contributed by atoms with Crippen LogP contribution in [0, 0.1) is 31.6 Å². The number of ether oxygens (including phenoxy) is 1. The number of Topliss-reactive ketones (excluding diaryl/α,β-unsaturated/α-hetero) is 2. The van der Waals surface area contributed by atoms with Gasteiger partial charge in [0.05, 0.1) is 0 Å². The Bertz CT molecular complexity index is 777. The number of hydrogen-bond donors (Lipinski definition) is 1. The van der Waals surface area contributed by atoms with Crippen molar-refractivity contribution in [3.05, 3.63) is 34.4 Å². The third-order valence-corrected chi connectivity index (χ3v) is 4.89. The zero-order chi connectivity index (χ0) is 20.0. The van der Waals surface area contributed by atoms with Gasteiger partial charge in [0.2, 0.25) is 5.91 Å². The molecule has 1 fully saturated rings. The van der Waals surface area contributed by atoms with E-state index in [1.807, 2.05) is 26.0 Å². The Morgan fingerprint density at radius 3 is 2.52 bits per heavy atom. The SMILES string of the molecule is CC#Cc1cc(C)c(C2C(=O)CC(CC(=O)NCCCOC)C2=O)c(C)c1. The van der Waals surface area contributed by atoms with E-state index >= 15 is 0 Å². The minimum Gasteiger partial charge on any atom is -0.385 e. The lowest BCUT2D eigenvalue weighted by Gasteiger charge is -2.16. The normalized spacial score (nSPS) is 19.0. The molecule has 1 N–H and O–H groups in total. The molecule has 1 aromatic rings. The fourth-order valence-corrected chi connectivity index (χ4v) is 3.72. The topological polar surface area (TPSA) is 72.5 Å². The van der Waals surface area contributed by atoms with Gasteiger partial charge in [-0.05, 0) is 56.0 Å². The Morgan fingerprint density at radius 1 is 1.26 bits per heavy atom. The third-order valence-electron chi connectivity index (χ3n) is 4.89. The molecule has 1 aliphatic carbocycles. The zero-order valence-corrected chi connectivity index (χ0v) is 16.5. The van der Waals surface area contributed by atoms with Crippen molar-refractivity contribution in [2.24, 2.45) is 5.92 Å². The maximum atomic E-state index is 12.9. The molecule has 1 saturated carbocycles. The second kappa shape index (κ2) is 9.48. The Balaban J connectivity index is 2.12. The van der Waals surface area contributed by atoms with Crippen LogP contribution in [0.3, 0.4) is 0 Å². The van der Waals surface area contributed by atoms with E-state index in [4.69, 9.17) is 4.74 Å². The number of benzene rings is 1. The van der Waals surface area contributed by atoms with Crippen molar-refractivity contribution in [2.75, 3.05) is 20.3 Å². The standard InChI is InChI=1S/C22H27NO4/c1-5-7-16-10-14(2)20(15(3)11-16)21-18(24)12-17(22(21)26)13-19(25)23-8-6-9-27-4/h10-11,17,21H,6,8-9,12-13H2,1-4H3,(H,23,25). The number of carbonyl (C=O) groups excluding carboxylic acids is 3. The molecule has 0 aromatic heterocycles. The molecule has 2 rings (SSSR count). The molecule has 0 saturated heterocycles. The van der Waals surface area contributed by atoms with Gasteiger partial charge in [0.25, 0.3) is 0 Å². The second-order valence-corrected chi connectivity index (χ2v) is 7.00. The van der Waals surface area contributed by atoms with Gasteiger partial charge in [0.1, 0.15) is 11.7 Å². The Kier molecular flexibility index (Phi) is 7.32. The number of aryl methyl sites for hydroxylation is 2. The van der Waals surface area contributed by atoms with Gasteiger partial charge in [-0.1, -0.05) is 5.92 Å². The molecule has 0 radical (unpaired) electrons. The van der Waals surface area contributed by atoms with Crippen molar-refractivity contribution in [3.8, 4) is 11.8 Å². The number of ketones is 2. The van der Waals surface area contributed by atoms with Crippen molar-refractivity contribution >= 4 is 17.5 Å². The summed E-state index contributed by atoms with van der Waals surface area (Å²) < 4.78 is 4.94. The maximum absolute atomic E-state index is 12.9. The van der Waals surface area contributed by atoms with Crippen molar-refractivity contribution in [1.82, 2.24) is 5.32 Å². The molecule has 1 aromatic carbocycles. The van der Waals surface area contributed by atoms with Gasteiger partial charge in [-0.25, -0.2) is 0 Å². The van der Waals surface area contributed by atoms with Crippen LogP contribution in [-0.2, 0) is 19.1 Å². The van der Waals surface area contributed by atoms with E-state index in [0.29, 0.717) is 19.6 Å². The molecule has 144 valence electrons. The molecule has 0 heterocycles. The highest BCUT2D eigenvalue weighted by atomic mass is 16.5. The number of rotatable bonds is 7. The van der Waals surface area contributed by atoms with Crippen LogP contribution in [0.2, 0.25) is 0 Å². The number of methoxy groups -OCH3 is 1. The van der Waals surface area contributed by atoms with E-state index < -0.39 is 11.8 Å². The molecule has 1 amide bonds. The summed E-state index contributed by atoms with van der Waals surface area (Å²) in [5, 5.41) is 2.78. The van der Waals surface area contributed by atoms with Crippen LogP contribution < -0.4 is 5.32 Å². The predicted octanol–water partition coefficient (Wildman–Crippen LogP) is 2.46. The van der Waals surface area contributed by atoms with E-state index in [2.05, 4.69) is 17.2 Å². The highest BCUT2D eigenvalue weighted by molar-refractivity contribution is 6.15. The quantitative estimate of drug-likeness (QED) is 0.455. The fourth-order valence-electron chi connectivity index (χ4n) is 3.72. The summed E-state index contributed by atoms with van der Waals surface area (Å²) in [4.78, 5) is 37.6. The molecule has 1 aliphatic rings. The average Bonchev–Trinajstić information content (AvgIpc) is 2.86. The highest BCUT2D eigenvalue weighted by Gasteiger charge is 2.43. The fraction of sp³-hybridized carbons (Fsp3) is 0.500. The van der Waals surface area contributed by atoms with Crippen molar-refractivity contribution in [1.29, 1.82) is 0 Å². The molecule has 0 spiro atoms. The first-order valence-corrected chi connectivity index (χ1v) is 9.25. The third kappa shape index (κ3) is 5.05. The monoisotopic (exact) mass is 369 g/mol. The smallest absolute Gasteiger partial charge is 0.220 e. The minimum absolute atomic E-state index is 0.0611. The molecular weight excluding hydrogens is 342 g/mol. The van der Waals surface area contributed by atoms with Gasteiger partial charge in [-0.2, -0.15) is 0 Å². The summed E-state index contributed by atoms with van der Waals surface area (Å²) in [6.45, 7) is 6.65. The summed E-state index contributed by atoms with van der Waals surface area (Å²) in [6, 6.07) is 3.82. The zero-order valence-electron chi connectivity index (χ0n) is 16.5. The molecule has 5 heteroatoms. The van der Waals surface area contributed by atoms with Gasteiger partial charge in [-0.15, -0.1) is 5.92 Å². The summed E-state index contributed by atoms with van der Waals surface area (Å²) in [7, 11) is 1.61. The predicted molar refractivity (Wildman–Crippen MR) is 103 cm³/mol. The largest absolute Gasteiger partial charge is 0.385 e. The van der Waals surface area contributed by atoms with E-state index in [0.717, 1.165) is 22.3 Å². The second-order valence-electron chi connectivity index (χ2n) is 7.00. The van der Waals surface area contributed by atoms with Crippen LogP contribution in [0.25, 0.3) is 0 Å². The van der Waals surface area contributed by atoms with Gasteiger partial charge < -0.3 is 10.1 Å². The molecule has 0 bridgehead atoms. The Morgan fingerprint density at radius 2 is 1.93 bits per heavy atom. The average molecular weight is 369 g/mol. The van der Waals surface area contributed by atoms with Crippen LogP contribution in [0.15, 0.2) is 12.1 Å². The van der Waals surface area contributed by atoms with Crippen LogP contribution in [0.5, 0.6) is 0 Å². The lowest BCUT2D eigenvalue weighted by Crippen LogP contribution is -2.28. The molecule has 0 aliphatic heterocycles. The van der Waals surface area contributed by atoms with Gasteiger partial charge in [0.15, 0.2) is 5.78 Å². The lowest BCUT2D eigenvalue weighted by molar-refractivity contribution is -0.128. The number of nitrogens with one attached hydrogen (secondary N) is 1. The lowest BCUT2D eigenvalue weighted by atomic mass is 9.86. The van der Waals surface area contributed by atoms with Crippen LogP contribution in [-0.4, -0.2) is 37.7 Å². The maximum Gasteiger partial charge on any atom is 0.220 e. The van der Waals surface area contributed by atoms with Gasteiger partial charge in [0, 0.05) is 44.6 Å². The van der Waals surface area contributed by atoms with Gasteiger partial charge >= 0.3 is 0 Å². The van der Waals surface area contributed by atoms with E-state index in [9.17, 15) is 14.4 Å². The molecule has 2 unspecified atom stereocenters. The highest BCUT2D eigenvalue weighted by Crippen LogP contribution is 2.37. The Hall–Kier alpha value is -2.45. The Labute approximate surface area is 160 Å². The number of hydrogen-bond acceptors (Lipinski definition) is 4. The van der Waals surface area contributed by atoms with Crippen LogP contribution in [0.4, 0.5) is 0 Å². The summed E-state index contributed by atoms with van der Waals surface area (Å²) in [5.74, 6) is 4.13. The first-order chi connectivity index (χ1) is 12.9. The summed E-state index contributed by atoms with van der Waals surface area (Å²) >= 11 is 0. The molecule has 27 heavy (non-hydrogen) atoms. The van der Waals surface area contributed by atoms with Crippen molar-refractivity contribution in [2.45, 2.75) is 46.0 Å². The van der Waals surface area contributed by atoms with Crippen molar-refractivity contribution < 1.29 is 19.1 Å². The molecular formula is C22H27NO4. The summed E-state index contributed by atoms with van der Waals surface area (Å²) in [5.41, 5.74) is 3.43. The van der Waals surface area contributed by atoms with Crippen LogP contribution >= 0.6 is 0 Å². The van der Waals surface area contributed by atoms with E-state index in [1.54, 1.807) is 14.0 Å². The first kappa shape index (κ1) is 20.9. The summed E-state index contributed by atoms with van der Waals surface area (Å²) in [6.07, 6.45) is 0.906. The molecule has 2 atom stereocenters. The van der Waals surface area contributed by atoms with Crippen LogP contribution in [0.1, 0.15) is 54.4 Å². The first-order valence-electron chi connectivity index (χ1n) is 9.25. The van der Waals surface area contributed by atoms with Crippen molar-refractivity contribution in [3.63, 3.8) is 0 Å². The van der Waals surface area contributed by atoms with Gasteiger partial charge in [-0.3, -0.25) is 14.4 Å². The number of amides is 1. The minimum atomic E-state index is -0.764. The van der Waals surface area contributed by atoms with E-state index in [-0.39, 0.29) is 30.3 Å². The molecule has 5 nitrogen and oxygen atoms in total.